The smallest absolute Gasteiger partial charge is 0.251 e. The summed E-state index contributed by atoms with van der Waals surface area (Å²) >= 11 is 0. The highest BCUT2D eigenvalue weighted by Crippen LogP contribution is 2.30. The molecule has 1 N–H and O–H groups in total. The molecular weight excluding hydrogens is 274 g/mol. The Bertz CT molecular complexity index is 638. The highest BCUT2D eigenvalue weighted by atomic mass is 32.2. The number of carbonyl (C=O) groups excluding carboxylic acids is 1. The fourth-order valence-electron chi connectivity index (χ4n) is 2.09. The van der Waals surface area contributed by atoms with Crippen molar-refractivity contribution in [1.29, 1.82) is 0 Å². The summed E-state index contributed by atoms with van der Waals surface area (Å²) in [6, 6.07) is 5.20. The first-order valence-corrected chi connectivity index (χ1v) is 8.63. The molecular formula is C15H21NO3S. The molecule has 0 saturated heterocycles. The number of hydrogen-bond acceptors (Lipinski definition) is 3. The Hall–Kier alpha value is -1.36. The molecule has 0 bridgehead atoms. The number of nitrogens with one attached hydrogen (secondary N) is 1. The summed E-state index contributed by atoms with van der Waals surface area (Å²) in [7, 11) is -3.37. The van der Waals surface area contributed by atoms with Gasteiger partial charge in [0.15, 0.2) is 9.84 Å². The molecule has 2 rings (SSSR count). The molecule has 1 aromatic rings. The van der Waals surface area contributed by atoms with Gasteiger partial charge in [-0.25, -0.2) is 8.42 Å². The van der Waals surface area contributed by atoms with E-state index in [4.69, 9.17) is 0 Å². The van der Waals surface area contributed by atoms with E-state index in [1.807, 2.05) is 20.8 Å². The molecule has 0 unspecified atom stereocenters. The molecule has 5 heteroatoms. The van der Waals surface area contributed by atoms with Crippen LogP contribution in [0.3, 0.4) is 0 Å². The lowest BCUT2D eigenvalue weighted by Crippen LogP contribution is -2.26. The topological polar surface area (TPSA) is 63.2 Å². The van der Waals surface area contributed by atoms with E-state index in [1.54, 1.807) is 12.1 Å². The van der Waals surface area contributed by atoms with Crippen molar-refractivity contribution >= 4 is 15.7 Å². The van der Waals surface area contributed by atoms with Crippen molar-refractivity contribution in [3.05, 3.63) is 29.3 Å². The zero-order chi connectivity index (χ0) is 15.1. The summed E-state index contributed by atoms with van der Waals surface area (Å²) in [5.74, 6) is -0.196. The first kappa shape index (κ1) is 15.0. The molecule has 1 fully saturated rings. The quantitative estimate of drug-likeness (QED) is 0.930. The van der Waals surface area contributed by atoms with E-state index in [2.05, 4.69) is 5.32 Å². The second-order valence-electron chi connectivity index (χ2n) is 6.48. The Kier molecular flexibility index (Phi) is 3.67. The molecule has 1 amide bonds. The minimum Gasteiger partial charge on any atom is -0.349 e. The van der Waals surface area contributed by atoms with E-state index in [0.29, 0.717) is 5.56 Å². The third-order valence-electron chi connectivity index (χ3n) is 3.36. The van der Waals surface area contributed by atoms with Gasteiger partial charge in [-0.1, -0.05) is 26.8 Å². The van der Waals surface area contributed by atoms with Gasteiger partial charge in [0.1, 0.15) is 0 Å². The van der Waals surface area contributed by atoms with Gasteiger partial charge in [0.05, 0.1) is 4.90 Å². The summed E-state index contributed by atoms with van der Waals surface area (Å²) in [6.45, 7) is 5.88. The number of sulfone groups is 1. The predicted octanol–water partition coefficient (Wildman–Crippen LogP) is 2.28. The van der Waals surface area contributed by atoms with Crippen LogP contribution in [0.15, 0.2) is 23.1 Å². The van der Waals surface area contributed by atoms with E-state index < -0.39 is 9.84 Å². The van der Waals surface area contributed by atoms with Crippen LogP contribution in [0.4, 0.5) is 0 Å². The molecule has 0 aliphatic heterocycles. The molecule has 0 spiro atoms. The predicted molar refractivity (Wildman–Crippen MR) is 78.7 cm³/mol. The van der Waals surface area contributed by atoms with Gasteiger partial charge in [-0.05, 0) is 36.0 Å². The van der Waals surface area contributed by atoms with Crippen LogP contribution in [-0.2, 0) is 15.3 Å². The van der Waals surface area contributed by atoms with Gasteiger partial charge in [0, 0.05) is 17.9 Å². The maximum atomic E-state index is 12.0. The molecule has 110 valence electrons. The van der Waals surface area contributed by atoms with Crippen LogP contribution in [0, 0.1) is 0 Å². The minimum absolute atomic E-state index is 0.196. The summed E-state index contributed by atoms with van der Waals surface area (Å²) in [6.07, 6.45) is 3.19. The van der Waals surface area contributed by atoms with Crippen LogP contribution in [0.5, 0.6) is 0 Å². The standard InChI is InChI=1S/C15H21NO3S/c1-15(2,3)12-8-5-10(9-13(12)20(4,18)19)14(17)16-11-6-7-11/h5,8-9,11H,6-7H2,1-4H3,(H,16,17). The van der Waals surface area contributed by atoms with Gasteiger partial charge < -0.3 is 5.32 Å². The average Bonchev–Trinajstić information content (AvgIpc) is 3.09. The normalized spacial score (nSPS) is 16.0. The van der Waals surface area contributed by atoms with E-state index in [0.717, 1.165) is 18.4 Å². The maximum absolute atomic E-state index is 12.0. The van der Waals surface area contributed by atoms with E-state index >= 15 is 0 Å². The zero-order valence-electron chi connectivity index (χ0n) is 12.4. The van der Waals surface area contributed by atoms with Crippen molar-refractivity contribution in [3.63, 3.8) is 0 Å². The van der Waals surface area contributed by atoms with Gasteiger partial charge in [0.25, 0.3) is 5.91 Å². The Labute approximate surface area is 120 Å². The molecule has 0 radical (unpaired) electrons. The summed E-state index contributed by atoms with van der Waals surface area (Å²) in [4.78, 5) is 12.3. The lowest BCUT2D eigenvalue weighted by Gasteiger charge is -2.22. The first-order chi connectivity index (χ1) is 9.09. The second-order valence-corrected chi connectivity index (χ2v) is 8.46. The molecule has 1 aromatic carbocycles. The summed E-state index contributed by atoms with van der Waals surface area (Å²) < 4.78 is 24.0. The van der Waals surface area contributed by atoms with E-state index in [9.17, 15) is 13.2 Å². The minimum atomic E-state index is -3.37. The van der Waals surface area contributed by atoms with Crippen molar-refractivity contribution in [2.24, 2.45) is 0 Å². The van der Waals surface area contributed by atoms with Gasteiger partial charge in [-0.3, -0.25) is 4.79 Å². The van der Waals surface area contributed by atoms with E-state index in [1.165, 1.54) is 12.3 Å². The van der Waals surface area contributed by atoms with Gasteiger partial charge in [0.2, 0.25) is 0 Å². The number of rotatable bonds is 3. The van der Waals surface area contributed by atoms with Crippen molar-refractivity contribution in [3.8, 4) is 0 Å². The molecule has 0 aromatic heterocycles. The summed E-state index contributed by atoms with van der Waals surface area (Å²) in [5.41, 5.74) is 0.859. The van der Waals surface area contributed by atoms with Gasteiger partial charge in [-0.2, -0.15) is 0 Å². The average molecular weight is 295 g/mol. The fourth-order valence-corrected chi connectivity index (χ4v) is 3.20. The maximum Gasteiger partial charge on any atom is 0.251 e. The van der Waals surface area contributed by atoms with Crippen molar-refractivity contribution < 1.29 is 13.2 Å². The van der Waals surface area contributed by atoms with Crippen molar-refractivity contribution in [2.45, 2.75) is 50.0 Å². The Morgan fingerprint density at radius 3 is 2.30 bits per heavy atom. The molecule has 20 heavy (non-hydrogen) atoms. The highest BCUT2D eigenvalue weighted by Gasteiger charge is 2.27. The SMILES string of the molecule is CC(C)(C)c1ccc(C(=O)NC2CC2)cc1S(C)(=O)=O. The lowest BCUT2D eigenvalue weighted by atomic mass is 9.86. The van der Waals surface area contributed by atoms with Gasteiger partial charge >= 0.3 is 0 Å². The van der Waals surface area contributed by atoms with Crippen LogP contribution >= 0.6 is 0 Å². The first-order valence-electron chi connectivity index (χ1n) is 6.74. The molecule has 1 aliphatic carbocycles. The van der Waals surface area contributed by atoms with Crippen molar-refractivity contribution in [1.82, 2.24) is 5.32 Å². The van der Waals surface area contributed by atoms with Gasteiger partial charge in [-0.15, -0.1) is 0 Å². The van der Waals surface area contributed by atoms with Crippen LogP contribution < -0.4 is 5.32 Å². The zero-order valence-corrected chi connectivity index (χ0v) is 13.2. The monoisotopic (exact) mass is 295 g/mol. The molecule has 4 nitrogen and oxygen atoms in total. The number of amides is 1. The Morgan fingerprint density at radius 2 is 1.85 bits per heavy atom. The molecule has 1 saturated carbocycles. The molecule has 0 atom stereocenters. The Balaban J connectivity index is 2.46. The number of hydrogen-bond donors (Lipinski definition) is 1. The largest absolute Gasteiger partial charge is 0.349 e. The fraction of sp³-hybridized carbons (Fsp3) is 0.533. The molecule has 1 aliphatic rings. The summed E-state index contributed by atoms with van der Waals surface area (Å²) in [5, 5.41) is 2.87. The highest BCUT2D eigenvalue weighted by molar-refractivity contribution is 7.90. The second kappa shape index (κ2) is 4.88. The molecule has 0 heterocycles. The number of carbonyl (C=O) groups is 1. The van der Waals surface area contributed by atoms with Crippen LogP contribution in [0.2, 0.25) is 0 Å². The third kappa shape index (κ3) is 3.39. The Morgan fingerprint density at radius 1 is 1.25 bits per heavy atom. The van der Waals surface area contributed by atoms with Crippen LogP contribution in [-0.4, -0.2) is 26.6 Å². The third-order valence-corrected chi connectivity index (χ3v) is 4.50. The lowest BCUT2D eigenvalue weighted by molar-refractivity contribution is 0.0951. The van der Waals surface area contributed by atoms with Crippen LogP contribution in [0.25, 0.3) is 0 Å². The van der Waals surface area contributed by atoms with E-state index in [-0.39, 0.29) is 22.3 Å². The number of benzene rings is 1. The van der Waals surface area contributed by atoms with Crippen LogP contribution in [0.1, 0.15) is 49.5 Å². The van der Waals surface area contributed by atoms with Crippen molar-refractivity contribution in [2.75, 3.05) is 6.26 Å².